The zero-order valence-corrected chi connectivity index (χ0v) is 15.7. The Morgan fingerprint density at radius 1 is 1.12 bits per heavy atom. The number of Topliss-reactive ketones (excluding diaryl/α,β-unsaturated/α-hetero) is 1. The molecule has 2 aromatic carbocycles. The summed E-state index contributed by atoms with van der Waals surface area (Å²) in [6.45, 7) is 1.58. The summed E-state index contributed by atoms with van der Waals surface area (Å²) in [5.74, 6) is -0.159. The molecule has 124 valence electrons. The third kappa shape index (κ3) is 3.61. The average Bonchev–Trinajstić information content (AvgIpc) is 2.91. The van der Waals surface area contributed by atoms with Crippen LogP contribution in [0.5, 0.6) is 0 Å². The standard InChI is InChI=1S/C18H13Cl3O2S/c1-18(23,10-5-11(19)7-12(20)6-10)9-15(22)17-8-13-14(21)3-2-4-16(13)24-17/h2-8,23H,9H2,1H3. The van der Waals surface area contributed by atoms with E-state index in [9.17, 15) is 9.90 Å². The van der Waals surface area contributed by atoms with Crippen LogP contribution in [-0.2, 0) is 5.60 Å². The van der Waals surface area contributed by atoms with Gasteiger partial charge in [0, 0.05) is 31.6 Å². The third-order valence-corrected chi connectivity index (χ3v) is 5.68. The van der Waals surface area contributed by atoms with Gasteiger partial charge in [-0.2, -0.15) is 0 Å². The summed E-state index contributed by atoms with van der Waals surface area (Å²) in [4.78, 5) is 13.2. The van der Waals surface area contributed by atoms with Crippen molar-refractivity contribution in [3.8, 4) is 0 Å². The smallest absolute Gasteiger partial charge is 0.176 e. The number of carbonyl (C=O) groups excluding carboxylic acids is 1. The molecule has 0 aliphatic rings. The number of fused-ring (bicyclic) bond motifs is 1. The summed E-state index contributed by atoms with van der Waals surface area (Å²) < 4.78 is 0.941. The summed E-state index contributed by atoms with van der Waals surface area (Å²) in [7, 11) is 0. The Morgan fingerprint density at radius 3 is 2.42 bits per heavy atom. The second-order valence-corrected chi connectivity index (χ2v) is 8.16. The van der Waals surface area contributed by atoms with Crippen molar-refractivity contribution in [2.45, 2.75) is 18.9 Å². The third-order valence-electron chi connectivity index (χ3n) is 3.77. The van der Waals surface area contributed by atoms with Gasteiger partial charge in [0.25, 0.3) is 0 Å². The van der Waals surface area contributed by atoms with E-state index in [0.717, 1.165) is 10.1 Å². The number of hydrogen-bond donors (Lipinski definition) is 1. The minimum absolute atomic E-state index is 0.0753. The molecule has 0 saturated heterocycles. The van der Waals surface area contributed by atoms with Gasteiger partial charge >= 0.3 is 0 Å². The van der Waals surface area contributed by atoms with E-state index >= 15 is 0 Å². The molecular weight excluding hydrogens is 387 g/mol. The molecule has 1 atom stereocenters. The van der Waals surface area contributed by atoms with Crippen LogP contribution in [0.2, 0.25) is 15.1 Å². The minimum Gasteiger partial charge on any atom is -0.385 e. The van der Waals surface area contributed by atoms with Crippen LogP contribution < -0.4 is 0 Å². The molecule has 3 aromatic rings. The largest absolute Gasteiger partial charge is 0.385 e. The fraction of sp³-hybridized carbons (Fsp3) is 0.167. The van der Waals surface area contributed by atoms with Crippen molar-refractivity contribution in [3.05, 3.63) is 68.0 Å². The molecule has 2 nitrogen and oxygen atoms in total. The number of ketones is 1. The van der Waals surface area contributed by atoms with Gasteiger partial charge in [-0.3, -0.25) is 4.79 Å². The summed E-state index contributed by atoms with van der Waals surface area (Å²) in [6, 6.07) is 12.1. The minimum atomic E-state index is -1.37. The fourth-order valence-corrected chi connectivity index (χ4v) is 4.37. The highest BCUT2D eigenvalue weighted by atomic mass is 35.5. The number of halogens is 3. The maximum Gasteiger partial charge on any atom is 0.176 e. The molecule has 1 N–H and O–H groups in total. The van der Waals surface area contributed by atoms with Gasteiger partial charge in [0.2, 0.25) is 0 Å². The number of benzene rings is 2. The van der Waals surface area contributed by atoms with E-state index in [0.29, 0.717) is 25.5 Å². The summed E-state index contributed by atoms with van der Waals surface area (Å²) >= 11 is 19.5. The van der Waals surface area contributed by atoms with Crippen LogP contribution in [-0.4, -0.2) is 10.9 Å². The number of hydrogen-bond acceptors (Lipinski definition) is 3. The number of thiophene rings is 1. The lowest BCUT2D eigenvalue weighted by molar-refractivity contribution is 0.0433. The van der Waals surface area contributed by atoms with E-state index < -0.39 is 5.60 Å². The van der Waals surface area contributed by atoms with E-state index in [4.69, 9.17) is 34.8 Å². The maximum atomic E-state index is 12.6. The molecule has 3 rings (SSSR count). The van der Waals surface area contributed by atoms with Crippen molar-refractivity contribution in [3.63, 3.8) is 0 Å². The zero-order chi connectivity index (χ0) is 17.5. The van der Waals surface area contributed by atoms with Crippen LogP contribution in [0.25, 0.3) is 10.1 Å². The highest BCUT2D eigenvalue weighted by Crippen LogP contribution is 2.35. The average molecular weight is 400 g/mol. The van der Waals surface area contributed by atoms with Gasteiger partial charge < -0.3 is 5.11 Å². The number of aliphatic hydroxyl groups is 1. The van der Waals surface area contributed by atoms with Gasteiger partial charge in [-0.1, -0.05) is 40.9 Å². The molecule has 0 fully saturated rings. The molecule has 0 aliphatic heterocycles. The van der Waals surface area contributed by atoms with Crippen molar-refractivity contribution in [2.75, 3.05) is 0 Å². The molecular formula is C18H13Cl3O2S. The first-order valence-electron chi connectivity index (χ1n) is 7.16. The lowest BCUT2D eigenvalue weighted by atomic mass is 9.90. The van der Waals surface area contributed by atoms with Crippen molar-refractivity contribution < 1.29 is 9.90 Å². The van der Waals surface area contributed by atoms with E-state index in [1.807, 2.05) is 12.1 Å². The predicted octanol–water partition coefficient (Wildman–Crippen LogP) is 6.34. The van der Waals surface area contributed by atoms with E-state index in [2.05, 4.69) is 0 Å². The van der Waals surface area contributed by atoms with E-state index in [1.165, 1.54) is 11.3 Å². The van der Waals surface area contributed by atoms with Gasteiger partial charge in [0.15, 0.2) is 5.78 Å². The van der Waals surface area contributed by atoms with E-state index in [1.54, 1.807) is 37.3 Å². The molecule has 24 heavy (non-hydrogen) atoms. The molecule has 6 heteroatoms. The predicted molar refractivity (Wildman–Crippen MR) is 102 cm³/mol. The Bertz CT molecular complexity index is 911. The lowest BCUT2D eigenvalue weighted by Gasteiger charge is -2.23. The quantitative estimate of drug-likeness (QED) is 0.520. The molecule has 1 unspecified atom stereocenters. The molecule has 0 aliphatic carbocycles. The first-order chi connectivity index (χ1) is 11.3. The number of carbonyl (C=O) groups is 1. The van der Waals surface area contributed by atoms with Crippen LogP contribution in [0.15, 0.2) is 42.5 Å². The second-order valence-electron chi connectivity index (χ2n) is 5.79. The number of rotatable bonds is 4. The monoisotopic (exact) mass is 398 g/mol. The highest BCUT2D eigenvalue weighted by Gasteiger charge is 2.28. The summed E-state index contributed by atoms with van der Waals surface area (Å²) in [5.41, 5.74) is -0.863. The van der Waals surface area contributed by atoms with Crippen LogP contribution in [0, 0.1) is 0 Å². The summed E-state index contributed by atoms with van der Waals surface area (Å²) in [6.07, 6.45) is -0.0753. The highest BCUT2D eigenvalue weighted by molar-refractivity contribution is 7.21. The Kier molecular flexibility index (Phi) is 4.92. The van der Waals surface area contributed by atoms with Gasteiger partial charge in [-0.05, 0) is 48.9 Å². The molecule has 1 aromatic heterocycles. The SMILES string of the molecule is CC(O)(CC(=O)c1cc2c(Cl)cccc2s1)c1cc(Cl)cc(Cl)c1. The summed E-state index contributed by atoms with van der Waals surface area (Å²) in [5, 5.41) is 13.0. The Morgan fingerprint density at radius 2 is 1.79 bits per heavy atom. The van der Waals surface area contributed by atoms with Gasteiger partial charge in [0.1, 0.15) is 0 Å². The van der Waals surface area contributed by atoms with Crippen molar-refractivity contribution in [2.24, 2.45) is 0 Å². The zero-order valence-electron chi connectivity index (χ0n) is 12.6. The van der Waals surface area contributed by atoms with Crippen LogP contribution in [0.3, 0.4) is 0 Å². The van der Waals surface area contributed by atoms with E-state index in [-0.39, 0.29) is 12.2 Å². The molecule has 0 amide bonds. The van der Waals surface area contributed by atoms with Crippen LogP contribution in [0.1, 0.15) is 28.6 Å². The maximum absolute atomic E-state index is 12.6. The Labute approximate surface area is 158 Å². The molecule has 0 saturated carbocycles. The Hall–Kier alpha value is -1.10. The molecule has 0 spiro atoms. The van der Waals surface area contributed by atoms with Crippen molar-refractivity contribution in [1.29, 1.82) is 0 Å². The second kappa shape index (κ2) is 6.66. The molecule has 1 heterocycles. The molecule has 0 bridgehead atoms. The first kappa shape index (κ1) is 17.7. The van der Waals surface area contributed by atoms with Crippen molar-refractivity contribution in [1.82, 2.24) is 0 Å². The van der Waals surface area contributed by atoms with Crippen molar-refractivity contribution >= 4 is 62.0 Å². The first-order valence-corrected chi connectivity index (χ1v) is 9.11. The van der Waals surface area contributed by atoms with Gasteiger partial charge in [-0.15, -0.1) is 11.3 Å². The van der Waals surface area contributed by atoms with Gasteiger partial charge in [-0.25, -0.2) is 0 Å². The van der Waals surface area contributed by atoms with Gasteiger partial charge in [0.05, 0.1) is 10.5 Å². The normalized spacial score (nSPS) is 13.9. The lowest BCUT2D eigenvalue weighted by Crippen LogP contribution is -2.25. The molecule has 0 radical (unpaired) electrons. The van der Waals surface area contributed by atoms with Crippen LogP contribution in [0.4, 0.5) is 0 Å². The Balaban J connectivity index is 1.90. The van der Waals surface area contributed by atoms with Crippen LogP contribution >= 0.6 is 46.1 Å². The fourth-order valence-electron chi connectivity index (χ4n) is 2.53. The topological polar surface area (TPSA) is 37.3 Å².